The molecule has 3 heteroatoms. The average molecular weight is 228 g/mol. The van der Waals surface area contributed by atoms with Gasteiger partial charge in [-0.05, 0) is 19.8 Å². The van der Waals surface area contributed by atoms with E-state index < -0.39 is 0 Å². The molecule has 1 aliphatic rings. The normalized spacial score (nSPS) is 19.1. The minimum absolute atomic E-state index is 0.214. The molecule has 0 amide bonds. The second-order valence-electron chi connectivity index (χ2n) is 4.77. The molecule has 0 fully saturated rings. The Morgan fingerprint density at radius 2 is 2.06 bits per heavy atom. The molecule has 0 bridgehead atoms. The third kappa shape index (κ3) is 1.98. The summed E-state index contributed by atoms with van der Waals surface area (Å²) < 4.78 is 0. The molecule has 3 rings (SSSR count). The molecule has 1 atom stereocenters. The van der Waals surface area contributed by atoms with Crippen molar-refractivity contribution in [3.8, 4) is 11.4 Å². The molecule has 0 saturated heterocycles. The summed E-state index contributed by atoms with van der Waals surface area (Å²) in [7, 11) is 0. The first-order valence-corrected chi connectivity index (χ1v) is 6.05. The van der Waals surface area contributed by atoms with Gasteiger partial charge >= 0.3 is 0 Å². The van der Waals surface area contributed by atoms with Crippen molar-refractivity contribution in [3.05, 3.63) is 41.2 Å². The molecule has 88 valence electrons. The molecule has 0 radical (unpaired) electrons. The maximum atomic E-state index is 9.62. The molecule has 1 aromatic heterocycles. The van der Waals surface area contributed by atoms with E-state index >= 15 is 0 Å². The number of H-pyrrole nitrogens is 1. The number of hydrogen-bond acceptors (Lipinski definition) is 2. The van der Waals surface area contributed by atoms with Gasteiger partial charge in [0.25, 0.3) is 0 Å². The van der Waals surface area contributed by atoms with Gasteiger partial charge in [-0.1, -0.05) is 29.8 Å². The number of hydrogen-bond donors (Lipinski definition) is 2. The first-order chi connectivity index (χ1) is 8.22. The van der Waals surface area contributed by atoms with Crippen molar-refractivity contribution in [1.82, 2.24) is 9.97 Å². The van der Waals surface area contributed by atoms with Crippen molar-refractivity contribution >= 4 is 0 Å². The highest BCUT2D eigenvalue weighted by Crippen LogP contribution is 2.24. The molecule has 2 N–H and O–H groups in total. The van der Waals surface area contributed by atoms with Gasteiger partial charge in [-0.2, -0.15) is 0 Å². The summed E-state index contributed by atoms with van der Waals surface area (Å²) in [5.41, 5.74) is 4.57. The van der Waals surface area contributed by atoms with Crippen LogP contribution in [0, 0.1) is 6.92 Å². The molecule has 0 saturated carbocycles. The smallest absolute Gasteiger partial charge is 0.137 e. The van der Waals surface area contributed by atoms with E-state index in [1.54, 1.807) is 0 Å². The van der Waals surface area contributed by atoms with Gasteiger partial charge in [0.1, 0.15) is 5.82 Å². The summed E-state index contributed by atoms with van der Waals surface area (Å²) in [4.78, 5) is 7.95. The number of imidazole rings is 1. The number of aryl methyl sites for hydroxylation is 2. The summed E-state index contributed by atoms with van der Waals surface area (Å²) in [6, 6.07) is 8.34. The number of aliphatic hydroxyl groups is 1. The van der Waals surface area contributed by atoms with Gasteiger partial charge in [0.2, 0.25) is 0 Å². The van der Waals surface area contributed by atoms with Crippen molar-refractivity contribution in [2.75, 3.05) is 0 Å². The molecule has 3 nitrogen and oxygen atoms in total. The van der Waals surface area contributed by atoms with Crippen LogP contribution in [-0.2, 0) is 12.8 Å². The molecule has 2 aromatic rings. The first-order valence-electron chi connectivity index (χ1n) is 6.05. The topological polar surface area (TPSA) is 48.9 Å². The number of aliphatic hydroxyl groups excluding tert-OH is 1. The Bertz CT molecular complexity index is 528. The first kappa shape index (κ1) is 10.5. The van der Waals surface area contributed by atoms with Crippen molar-refractivity contribution in [2.24, 2.45) is 0 Å². The van der Waals surface area contributed by atoms with E-state index in [2.05, 4.69) is 41.2 Å². The zero-order valence-corrected chi connectivity index (χ0v) is 9.90. The molecule has 1 heterocycles. The van der Waals surface area contributed by atoms with Crippen LogP contribution in [0.5, 0.6) is 0 Å². The molecule has 1 aromatic carbocycles. The van der Waals surface area contributed by atoms with E-state index in [1.807, 2.05) is 0 Å². The standard InChI is InChI=1S/C14H16N2O/c1-9-2-4-10(5-3-9)14-15-12-7-6-11(17)8-13(12)16-14/h2-5,11,17H,6-8H2,1H3,(H,15,16). The molecular formula is C14H16N2O. The highest BCUT2D eigenvalue weighted by Gasteiger charge is 2.20. The zero-order valence-electron chi connectivity index (χ0n) is 9.90. The maximum absolute atomic E-state index is 9.62. The van der Waals surface area contributed by atoms with Crippen LogP contribution >= 0.6 is 0 Å². The number of rotatable bonds is 1. The second-order valence-corrected chi connectivity index (χ2v) is 4.77. The van der Waals surface area contributed by atoms with Crippen molar-refractivity contribution in [1.29, 1.82) is 0 Å². The summed E-state index contributed by atoms with van der Waals surface area (Å²) in [5, 5.41) is 9.62. The van der Waals surface area contributed by atoms with Crippen LogP contribution in [0.3, 0.4) is 0 Å². The fraction of sp³-hybridized carbons (Fsp3) is 0.357. The Morgan fingerprint density at radius 3 is 2.82 bits per heavy atom. The predicted molar refractivity (Wildman–Crippen MR) is 66.8 cm³/mol. The Hall–Kier alpha value is -1.61. The quantitative estimate of drug-likeness (QED) is 0.786. The van der Waals surface area contributed by atoms with Gasteiger partial charge in [0, 0.05) is 17.7 Å². The lowest BCUT2D eigenvalue weighted by molar-refractivity contribution is 0.157. The molecule has 0 aliphatic heterocycles. The van der Waals surface area contributed by atoms with E-state index in [-0.39, 0.29) is 6.10 Å². The fourth-order valence-corrected chi connectivity index (χ4v) is 2.31. The monoisotopic (exact) mass is 228 g/mol. The van der Waals surface area contributed by atoms with Gasteiger partial charge in [0.05, 0.1) is 11.8 Å². The van der Waals surface area contributed by atoms with Gasteiger partial charge in [-0.3, -0.25) is 0 Å². The zero-order chi connectivity index (χ0) is 11.8. The molecule has 1 unspecified atom stereocenters. The Balaban J connectivity index is 1.97. The average Bonchev–Trinajstić information content (AvgIpc) is 2.72. The summed E-state index contributed by atoms with van der Waals surface area (Å²) >= 11 is 0. The molecular weight excluding hydrogens is 212 g/mol. The maximum Gasteiger partial charge on any atom is 0.137 e. The fourth-order valence-electron chi connectivity index (χ4n) is 2.31. The van der Waals surface area contributed by atoms with Crippen LogP contribution in [0.2, 0.25) is 0 Å². The SMILES string of the molecule is Cc1ccc(-c2nc3c([nH]2)CC(O)CC3)cc1. The van der Waals surface area contributed by atoms with Crippen LogP contribution < -0.4 is 0 Å². The minimum Gasteiger partial charge on any atom is -0.393 e. The van der Waals surface area contributed by atoms with Gasteiger partial charge in [-0.25, -0.2) is 4.98 Å². The number of nitrogens with one attached hydrogen (secondary N) is 1. The van der Waals surface area contributed by atoms with Crippen LogP contribution in [0.25, 0.3) is 11.4 Å². The van der Waals surface area contributed by atoms with Crippen molar-refractivity contribution < 1.29 is 5.11 Å². The summed E-state index contributed by atoms with van der Waals surface area (Å²) in [6.07, 6.45) is 2.19. The minimum atomic E-state index is -0.214. The number of aromatic nitrogens is 2. The lowest BCUT2D eigenvalue weighted by atomic mass is 9.99. The molecule has 1 aliphatic carbocycles. The highest BCUT2D eigenvalue weighted by atomic mass is 16.3. The highest BCUT2D eigenvalue weighted by molar-refractivity contribution is 5.56. The number of benzene rings is 1. The van der Waals surface area contributed by atoms with E-state index in [0.717, 1.165) is 35.6 Å². The molecule has 17 heavy (non-hydrogen) atoms. The second kappa shape index (κ2) is 4.00. The predicted octanol–water partition coefficient (Wildman–Crippen LogP) is 2.23. The summed E-state index contributed by atoms with van der Waals surface area (Å²) in [6.45, 7) is 2.08. The Labute approximate surface area is 101 Å². The van der Waals surface area contributed by atoms with Gasteiger partial charge in [0.15, 0.2) is 0 Å². The van der Waals surface area contributed by atoms with E-state index in [4.69, 9.17) is 0 Å². The van der Waals surface area contributed by atoms with Gasteiger partial charge in [-0.15, -0.1) is 0 Å². The lowest BCUT2D eigenvalue weighted by Gasteiger charge is -2.14. The van der Waals surface area contributed by atoms with E-state index in [9.17, 15) is 5.11 Å². The van der Waals surface area contributed by atoms with Gasteiger partial charge < -0.3 is 10.1 Å². The Kier molecular flexibility index (Phi) is 2.48. The summed E-state index contributed by atoms with van der Waals surface area (Å²) in [5.74, 6) is 0.920. The third-order valence-electron chi connectivity index (χ3n) is 3.34. The van der Waals surface area contributed by atoms with Crippen molar-refractivity contribution in [2.45, 2.75) is 32.3 Å². The lowest BCUT2D eigenvalue weighted by Crippen LogP contribution is -2.18. The number of fused-ring (bicyclic) bond motifs is 1. The Morgan fingerprint density at radius 1 is 1.29 bits per heavy atom. The van der Waals surface area contributed by atoms with Crippen LogP contribution in [-0.4, -0.2) is 21.2 Å². The van der Waals surface area contributed by atoms with Crippen LogP contribution in [0.4, 0.5) is 0 Å². The van der Waals surface area contributed by atoms with E-state index in [0.29, 0.717) is 6.42 Å². The number of aromatic amines is 1. The molecule has 0 spiro atoms. The number of nitrogens with zero attached hydrogens (tertiary/aromatic N) is 1. The van der Waals surface area contributed by atoms with Crippen LogP contribution in [0.15, 0.2) is 24.3 Å². The van der Waals surface area contributed by atoms with E-state index in [1.165, 1.54) is 5.56 Å². The third-order valence-corrected chi connectivity index (χ3v) is 3.34. The van der Waals surface area contributed by atoms with Crippen LogP contribution in [0.1, 0.15) is 23.4 Å². The van der Waals surface area contributed by atoms with Crippen molar-refractivity contribution in [3.63, 3.8) is 0 Å². The largest absolute Gasteiger partial charge is 0.393 e.